The van der Waals surface area contributed by atoms with Gasteiger partial charge in [-0.2, -0.15) is 0 Å². The van der Waals surface area contributed by atoms with Gasteiger partial charge in [0, 0.05) is 5.56 Å². The number of rotatable bonds is 2. The Morgan fingerprint density at radius 3 is 2.70 bits per heavy atom. The second kappa shape index (κ2) is 3.42. The van der Waals surface area contributed by atoms with Gasteiger partial charge in [0.05, 0.1) is 6.26 Å². The van der Waals surface area contributed by atoms with E-state index in [0.717, 1.165) is 10.2 Å². The zero-order valence-corrected chi connectivity index (χ0v) is 8.38. The summed E-state index contributed by atoms with van der Waals surface area (Å²) in [5.41, 5.74) is 1.33. The quantitative estimate of drug-likeness (QED) is 0.735. The van der Waals surface area contributed by atoms with E-state index in [1.807, 2.05) is 6.07 Å². The highest BCUT2D eigenvalue weighted by atomic mass is 127. The molecule has 0 bridgehead atoms. The highest BCUT2D eigenvalue weighted by Gasteiger charge is 2.03. The van der Waals surface area contributed by atoms with E-state index >= 15 is 0 Å². The SMILES string of the molecule is CC(C)Cc1ccoc1I. The molecule has 0 atom stereocenters. The summed E-state index contributed by atoms with van der Waals surface area (Å²) in [6.45, 7) is 4.42. The molecule has 1 nitrogen and oxygen atoms in total. The molecule has 56 valence electrons. The number of halogens is 1. The molecule has 0 N–H and O–H groups in total. The summed E-state index contributed by atoms with van der Waals surface area (Å²) in [4.78, 5) is 0. The molecule has 0 amide bonds. The highest BCUT2D eigenvalue weighted by Crippen LogP contribution is 2.16. The standard InChI is InChI=1S/C8H11IO/c1-6(2)5-7-3-4-10-8(7)9/h3-4,6H,5H2,1-2H3. The molecule has 10 heavy (non-hydrogen) atoms. The van der Waals surface area contributed by atoms with Gasteiger partial charge in [-0.3, -0.25) is 0 Å². The van der Waals surface area contributed by atoms with Gasteiger partial charge in [-0.25, -0.2) is 0 Å². The van der Waals surface area contributed by atoms with Crippen LogP contribution < -0.4 is 0 Å². The summed E-state index contributed by atoms with van der Waals surface area (Å²) < 4.78 is 6.19. The lowest BCUT2D eigenvalue weighted by molar-refractivity contribution is 0.527. The monoisotopic (exact) mass is 250 g/mol. The second-order valence-corrected chi connectivity index (χ2v) is 3.80. The molecule has 0 aliphatic rings. The normalized spacial score (nSPS) is 10.8. The first-order chi connectivity index (χ1) is 4.70. The van der Waals surface area contributed by atoms with Crippen LogP contribution in [0.15, 0.2) is 16.7 Å². The van der Waals surface area contributed by atoms with Crippen molar-refractivity contribution in [2.75, 3.05) is 0 Å². The average molecular weight is 250 g/mol. The third-order valence-electron chi connectivity index (χ3n) is 1.32. The van der Waals surface area contributed by atoms with Crippen LogP contribution in [-0.2, 0) is 6.42 Å². The topological polar surface area (TPSA) is 13.1 Å². The molecule has 1 heterocycles. The van der Waals surface area contributed by atoms with Crippen molar-refractivity contribution in [3.8, 4) is 0 Å². The van der Waals surface area contributed by atoms with Crippen molar-refractivity contribution in [2.45, 2.75) is 20.3 Å². The lowest BCUT2D eigenvalue weighted by Gasteiger charge is -2.00. The lowest BCUT2D eigenvalue weighted by atomic mass is 10.1. The third kappa shape index (κ3) is 2.01. The van der Waals surface area contributed by atoms with Gasteiger partial charge >= 0.3 is 0 Å². The Balaban J connectivity index is 2.65. The lowest BCUT2D eigenvalue weighted by Crippen LogP contribution is -1.93. The van der Waals surface area contributed by atoms with E-state index in [4.69, 9.17) is 4.42 Å². The van der Waals surface area contributed by atoms with Crippen LogP contribution in [-0.4, -0.2) is 0 Å². The van der Waals surface area contributed by atoms with Crippen LogP contribution in [0, 0.1) is 9.68 Å². The van der Waals surface area contributed by atoms with Gasteiger partial charge in [-0.05, 0) is 41.0 Å². The Morgan fingerprint density at radius 1 is 1.60 bits per heavy atom. The van der Waals surface area contributed by atoms with Crippen LogP contribution in [0.2, 0.25) is 0 Å². The Morgan fingerprint density at radius 2 is 2.30 bits per heavy atom. The fourth-order valence-corrected chi connectivity index (χ4v) is 1.45. The Labute approximate surface area is 74.9 Å². The van der Waals surface area contributed by atoms with Gasteiger partial charge in [0.2, 0.25) is 0 Å². The average Bonchev–Trinajstić information content (AvgIpc) is 2.15. The van der Waals surface area contributed by atoms with Crippen molar-refractivity contribution in [3.63, 3.8) is 0 Å². The molecule has 1 aromatic rings. The van der Waals surface area contributed by atoms with Gasteiger partial charge in [-0.1, -0.05) is 13.8 Å². The zero-order chi connectivity index (χ0) is 7.56. The number of hydrogen-bond acceptors (Lipinski definition) is 1. The van der Waals surface area contributed by atoms with Gasteiger partial charge in [-0.15, -0.1) is 0 Å². The maximum atomic E-state index is 5.15. The molecular weight excluding hydrogens is 239 g/mol. The zero-order valence-electron chi connectivity index (χ0n) is 6.23. The molecule has 0 radical (unpaired) electrons. The van der Waals surface area contributed by atoms with Crippen LogP contribution in [0.3, 0.4) is 0 Å². The first kappa shape index (κ1) is 8.11. The molecule has 0 saturated carbocycles. The maximum Gasteiger partial charge on any atom is 0.166 e. The molecule has 0 aliphatic heterocycles. The molecule has 0 saturated heterocycles. The Kier molecular flexibility index (Phi) is 2.77. The van der Waals surface area contributed by atoms with E-state index in [9.17, 15) is 0 Å². The van der Waals surface area contributed by atoms with Crippen LogP contribution in [0.5, 0.6) is 0 Å². The smallest absolute Gasteiger partial charge is 0.166 e. The fraction of sp³-hybridized carbons (Fsp3) is 0.500. The van der Waals surface area contributed by atoms with Gasteiger partial charge < -0.3 is 4.42 Å². The summed E-state index contributed by atoms with van der Waals surface area (Å²) in [7, 11) is 0. The van der Waals surface area contributed by atoms with Gasteiger partial charge in [0.15, 0.2) is 3.77 Å². The van der Waals surface area contributed by atoms with Crippen LogP contribution >= 0.6 is 22.6 Å². The Hall–Kier alpha value is 0.01000. The molecule has 2 heteroatoms. The van der Waals surface area contributed by atoms with Crippen molar-refractivity contribution in [2.24, 2.45) is 5.92 Å². The molecule has 1 rings (SSSR count). The van der Waals surface area contributed by atoms with Crippen molar-refractivity contribution in [3.05, 3.63) is 21.7 Å². The van der Waals surface area contributed by atoms with Crippen molar-refractivity contribution in [1.82, 2.24) is 0 Å². The molecule has 0 aromatic carbocycles. The van der Waals surface area contributed by atoms with Crippen LogP contribution in [0.4, 0.5) is 0 Å². The predicted molar refractivity (Wildman–Crippen MR) is 50.0 cm³/mol. The minimum atomic E-state index is 0.714. The van der Waals surface area contributed by atoms with E-state index in [1.165, 1.54) is 5.56 Å². The molecule has 1 aromatic heterocycles. The molecule has 0 spiro atoms. The minimum absolute atomic E-state index is 0.714. The second-order valence-electron chi connectivity index (χ2n) is 2.82. The Bertz CT molecular complexity index is 203. The van der Waals surface area contributed by atoms with Crippen LogP contribution in [0.25, 0.3) is 0 Å². The number of furan rings is 1. The summed E-state index contributed by atoms with van der Waals surface area (Å²) in [5.74, 6) is 0.714. The van der Waals surface area contributed by atoms with Gasteiger partial charge in [0.1, 0.15) is 0 Å². The summed E-state index contributed by atoms with van der Waals surface area (Å²) in [6.07, 6.45) is 2.87. The molecule has 0 unspecified atom stereocenters. The van der Waals surface area contributed by atoms with Crippen LogP contribution in [0.1, 0.15) is 19.4 Å². The van der Waals surface area contributed by atoms with Crippen molar-refractivity contribution in [1.29, 1.82) is 0 Å². The third-order valence-corrected chi connectivity index (χ3v) is 2.27. The van der Waals surface area contributed by atoms with E-state index in [-0.39, 0.29) is 0 Å². The summed E-state index contributed by atoms with van der Waals surface area (Å²) in [6, 6.07) is 2.04. The van der Waals surface area contributed by atoms with Crippen molar-refractivity contribution >= 4 is 22.6 Å². The van der Waals surface area contributed by atoms with Crippen molar-refractivity contribution < 1.29 is 4.42 Å². The van der Waals surface area contributed by atoms with E-state index in [2.05, 4.69) is 36.4 Å². The maximum absolute atomic E-state index is 5.15. The van der Waals surface area contributed by atoms with E-state index in [1.54, 1.807) is 6.26 Å². The fourth-order valence-electron chi connectivity index (χ4n) is 0.905. The van der Waals surface area contributed by atoms with E-state index in [0.29, 0.717) is 5.92 Å². The minimum Gasteiger partial charge on any atom is -0.458 e. The molecule has 0 aliphatic carbocycles. The highest BCUT2D eigenvalue weighted by molar-refractivity contribution is 14.1. The summed E-state index contributed by atoms with van der Waals surface area (Å²) >= 11 is 2.22. The van der Waals surface area contributed by atoms with Gasteiger partial charge in [0.25, 0.3) is 0 Å². The predicted octanol–water partition coefficient (Wildman–Crippen LogP) is 3.08. The van der Waals surface area contributed by atoms with E-state index < -0.39 is 0 Å². The molecule has 0 fully saturated rings. The largest absolute Gasteiger partial charge is 0.458 e. The summed E-state index contributed by atoms with van der Waals surface area (Å²) in [5, 5.41) is 0. The first-order valence-electron chi connectivity index (χ1n) is 3.42. The first-order valence-corrected chi connectivity index (χ1v) is 4.50. The molecular formula is C8H11IO. The number of hydrogen-bond donors (Lipinski definition) is 0.